The molecule has 10 atom stereocenters. The molecular weight excluding hydrogens is 945 g/mol. The molecule has 0 bridgehead atoms. The van der Waals surface area contributed by atoms with Crippen molar-refractivity contribution in [2.45, 2.75) is 108 Å². The lowest BCUT2D eigenvalue weighted by atomic mass is 9.96. The van der Waals surface area contributed by atoms with Gasteiger partial charge in [0.1, 0.15) is 48.8 Å². The third-order valence-corrected chi connectivity index (χ3v) is 13.1. The largest absolute Gasteiger partial charge is 0.374 e. The smallest absolute Gasteiger partial charge is 0.187 e. The zero-order valence-electron chi connectivity index (χ0n) is 42.3. The van der Waals surface area contributed by atoms with E-state index in [1.54, 1.807) is 6.08 Å². The molecule has 7 aromatic rings. The maximum absolute atomic E-state index is 7.12. The minimum atomic E-state index is -1.02. The van der Waals surface area contributed by atoms with Gasteiger partial charge in [-0.3, -0.25) is 0 Å². The Balaban J connectivity index is 1.06. The Morgan fingerprint density at radius 3 is 0.880 bits per heavy atom. The highest BCUT2D eigenvalue weighted by atomic mass is 16.8. The van der Waals surface area contributed by atoms with Crippen LogP contribution in [-0.4, -0.2) is 81.2 Å². The third-order valence-electron chi connectivity index (χ3n) is 13.1. The molecular formula is C64H68O11. The molecule has 0 spiro atoms. The van der Waals surface area contributed by atoms with Gasteiger partial charge in [0.2, 0.25) is 0 Å². The molecule has 75 heavy (non-hydrogen) atoms. The first-order valence-electron chi connectivity index (χ1n) is 25.9. The summed E-state index contributed by atoms with van der Waals surface area (Å²) in [6, 6.07) is 70.4. The van der Waals surface area contributed by atoms with Gasteiger partial charge in [0.05, 0.1) is 66.1 Å². The minimum absolute atomic E-state index is 0.0294. The molecule has 390 valence electrons. The van der Waals surface area contributed by atoms with Crippen LogP contribution in [0.4, 0.5) is 0 Å². The van der Waals surface area contributed by atoms with Gasteiger partial charge >= 0.3 is 0 Å². The lowest BCUT2D eigenvalue weighted by molar-refractivity contribution is -0.352. The summed E-state index contributed by atoms with van der Waals surface area (Å²) >= 11 is 0. The Morgan fingerprint density at radius 1 is 0.293 bits per heavy atom. The predicted octanol–water partition coefficient (Wildman–Crippen LogP) is 11.4. The third kappa shape index (κ3) is 16.2. The Hall–Kier alpha value is -6.16. The monoisotopic (exact) mass is 1010 g/mol. The zero-order chi connectivity index (χ0) is 51.1. The average molecular weight is 1010 g/mol. The van der Waals surface area contributed by atoms with Gasteiger partial charge < -0.3 is 52.1 Å². The molecule has 2 aliphatic heterocycles. The molecule has 0 radical (unpaired) electrons. The summed E-state index contributed by atoms with van der Waals surface area (Å²) in [5, 5.41) is 0. The maximum atomic E-state index is 7.12. The van der Waals surface area contributed by atoms with E-state index in [-0.39, 0.29) is 52.9 Å². The van der Waals surface area contributed by atoms with Crippen molar-refractivity contribution in [1.29, 1.82) is 0 Å². The fourth-order valence-corrected chi connectivity index (χ4v) is 9.25. The molecule has 10 unspecified atom stereocenters. The second-order valence-corrected chi connectivity index (χ2v) is 18.6. The summed E-state index contributed by atoms with van der Waals surface area (Å²) in [7, 11) is 0. The highest BCUT2D eigenvalue weighted by molar-refractivity contribution is 5.19. The van der Waals surface area contributed by atoms with Gasteiger partial charge in [-0.25, -0.2) is 0 Å². The molecule has 0 aliphatic carbocycles. The van der Waals surface area contributed by atoms with Gasteiger partial charge in [-0.1, -0.05) is 218 Å². The number of rotatable bonds is 28. The van der Waals surface area contributed by atoms with Crippen LogP contribution in [0.25, 0.3) is 0 Å². The van der Waals surface area contributed by atoms with E-state index in [0.29, 0.717) is 13.2 Å². The van der Waals surface area contributed by atoms with Crippen molar-refractivity contribution in [3.8, 4) is 0 Å². The van der Waals surface area contributed by atoms with Crippen LogP contribution in [0.15, 0.2) is 225 Å². The van der Waals surface area contributed by atoms with Crippen LogP contribution < -0.4 is 0 Å². The van der Waals surface area contributed by atoms with Crippen LogP contribution in [0.2, 0.25) is 0 Å². The van der Waals surface area contributed by atoms with Crippen LogP contribution in [-0.2, 0) is 98.4 Å². The highest BCUT2D eigenvalue weighted by Crippen LogP contribution is 2.35. The molecule has 2 heterocycles. The van der Waals surface area contributed by atoms with Crippen LogP contribution in [0.5, 0.6) is 0 Å². The molecule has 0 aromatic heterocycles. The molecule has 2 aliphatic rings. The van der Waals surface area contributed by atoms with Gasteiger partial charge in [0.25, 0.3) is 0 Å². The second kappa shape index (κ2) is 29.2. The number of hydrogen-bond donors (Lipinski definition) is 0. The molecule has 11 heteroatoms. The van der Waals surface area contributed by atoms with E-state index in [2.05, 4.69) is 6.58 Å². The molecule has 11 nitrogen and oxygen atoms in total. The number of ether oxygens (including phenoxy) is 11. The summed E-state index contributed by atoms with van der Waals surface area (Å²) in [6.07, 6.45) is -6.03. The van der Waals surface area contributed by atoms with Crippen molar-refractivity contribution in [2.75, 3.05) is 19.8 Å². The Bertz CT molecular complexity index is 2630. The van der Waals surface area contributed by atoms with Gasteiger partial charge in [-0.2, -0.15) is 0 Å². The molecule has 0 N–H and O–H groups in total. The minimum Gasteiger partial charge on any atom is -0.374 e. The summed E-state index contributed by atoms with van der Waals surface area (Å²) < 4.78 is 75.9. The first kappa shape index (κ1) is 53.7. The average Bonchev–Trinajstić information content (AvgIpc) is 3.47. The van der Waals surface area contributed by atoms with Crippen molar-refractivity contribution in [3.63, 3.8) is 0 Å². The number of hydrogen-bond acceptors (Lipinski definition) is 11. The Morgan fingerprint density at radius 2 is 0.560 bits per heavy atom. The van der Waals surface area contributed by atoms with Crippen molar-refractivity contribution < 1.29 is 52.1 Å². The van der Waals surface area contributed by atoms with Crippen LogP contribution in [0.1, 0.15) is 38.9 Å². The van der Waals surface area contributed by atoms with E-state index in [1.807, 2.05) is 212 Å². The maximum Gasteiger partial charge on any atom is 0.187 e. The first-order chi connectivity index (χ1) is 37.2. The van der Waals surface area contributed by atoms with Crippen molar-refractivity contribution in [2.24, 2.45) is 0 Å². The molecule has 0 saturated carbocycles. The van der Waals surface area contributed by atoms with Crippen LogP contribution in [0, 0.1) is 0 Å². The quantitative estimate of drug-likeness (QED) is 0.0438. The summed E-state index contributed by atoms with van der Waals surface area (Å²) in [5.74, 6) is 0. The number of benzene rings is 7. The topological polar surface area (TPSA) is 102 Å². The summed E-state index contributed by atoms with van der Waals surface area (Å²) in [4.78, 5) is 0. The fraction of sp³-hybridized carbons (Fsp3) is 0.312. The second-order valence-electron chi connectivity index (χ2n) is 18.6. The normalized spacial score (nSPS) is 23.6. The molecule has 9 rings (SSSR count). The first-order valence-corrected chi connectivity index (χ1v) is 25.9. The highest BCUT2D eigenvalue weighted by Gasteiger charge is 2.52. The van der Waals surface area contributed by atoms with Crippen molar-refractivity contribution in [3.05, 3.63) is 264 Å². The summed E-state index contributed by atoms with van der Waals surface area (Å²) in [6.45, 7) is 6.30. The van der Waals surface area contributed by atoms with Crippen molar-refractivity contribution in [1.82, 2.24) is 0 Å². The van der Waals surface area contributed by atoms with Gasteiger partial charge in [-0.15, -0.1) is 6.58 Å². The van der Waals surface area contributed by atoms with E-state index in [0.717, 1.165) is 38.9 Å². The molecule has 2 fully saturated rings. The Labute approximate surface area is 441 Å². The lowest BCUT2D eigenvalue weighted by Gasteiger charge is -2.48. The van der Waals surface area contributed by atoms with E-state index >= 15 is 0 Å². The van der Waals surface area contributed by atoms with E-state index in [4.69, 9.17) is 52.1 Å². The lowest BCUT2D eigenvalue weighted by Crippen LogP contribution is -2.64. The molecule has 0 amide bonds. The van der Waals surface area contributed by atoms with Crippen molar-refractivity contribution >= 4 is 0 Å². The van der Waals surface area contributed by atoms with Gasteiger partial charge in [-0.05, 0) is 38.9 Å². The van der Waals surface area contributed by atoms with Gasteiger partial charge in [0, 0.05) is 0 Å². The van der Waals surface area contributed by atoms with Crippen LogP contribution in [0.3, 0.4) is 0 Å². The fourth-order valence-electron chi connectivity index (χ4n) is 9.25. The molecule has 2 saturated heterocycles. The zero-order valence-corrected chi connectivity index (χ0v) is 42.3. The van der Waals surface area contributed by atoms with Gasteiger partial charge in [0.15, 0.2) is 12.6 Å². The Kier molecular flexibility index (Phi) is 20.9. The molecule has 7 aromatic carbocycles. The standard InChI is InChI=1S/C64H68O11/c1-2-38-66-63-61(71-44-53-34-20-8-21-35-53)60(70-43-52-32-18-7-19-33-52)58(68-41-50-28-14-5-15-29-50)56(75-63)47-73-64-62(72-45-54-36-22-9-23-37-54)59(69-42-51-30-16-6-17-31-51)57(67-40-49-26-12-4-13-27-49)55(74-64)46-65-39-48-24-10-3-11-25-48/h2-37,55-64H,1,38-47H2. The SMILES string of the molecule is C=CCOC1OC(COC2OC(COCc3ccccc3)C(OCc3ccccc3)C(OCc3ccccc3)C2OCc2ccccc2)C(OCc2ccccc2)C(OCc2ccccc2)C1OCc1ccccc1. The predicted molar refractivity (Wildman–Crippen MR) is 286 cm³/mol. The van der Waals surface area contributed by atoms with E-state index in [9.17, 15) is 0 Å². The van der Waals surface area contributed by atoms with Crippen LogP contribution >= 0.6 is 0 Å². The summed E-state index contributed by atoms with van der Waals surface area (Å²) in [5.41, 5.74) is 6.96. The van der Waals surface area contributed by atoms with E-state index < -0.39 is 61.4 Å². The van der Waals surface area contributed by atoms with E-state index in [1.165, 1.54) is 0 Å².